The molecular weight excluding hydrogens is 308 g/mol. The minimum atomic E-state index is -3.30. The second kappa shape index (κ2) is 5.94. The van der Waals surface area contributed by atoms with Crippen LogP contribution in [0.25, 0.3) is 0 Å². The van der Waals surface area contributed by atoms with E-state index in [9.17, 15) is 23.3 Å². The fraction of sp³-hybridized carbons (Fsp3) is 0.0714. The molecule has 2 aromatic carbocycles. The van der Waals surface area contributed by atoms with Crippen LogP contribution in [0.15, 0.2) is 53.4 Å². The number of rotatable bonds is 4. The molecule has 0 bridgehead atoms. The molecule has 0 radical (unpaired) electrons. The first kappa shape index (κ1) is 15.6. The third kappa shape index (κ3) is 3.67. The molecule has 7 nitrogen and oxygen atoms in total. The van der Waals surface area contributed by atoms with Crippen molar-refractivity contribution in [1.82, 2.24) is 0 Å². The predicted molar refractivity (Wildman–Crippen MR) is 80.6 cm³/mol. The van der Waals surface area contributed by atoms with Crippen molar-refractivity contribution in [2.75, 3.05) is 11.6 Å². The van der Waals surface area contributed by atoms with Crippen LogP contribution in [-0.4, -0.2) is 25.5 Å². The molecule has 1 N–H and O–H groups in total. The number of benzene rings is 2. The molecule has 0 heterocycles. The van der Waals surface area contributed by atoms with Crippen molar-refractivity contribution in [3.8, 4) is 0 Å². The summed E-state index contributed by atoms with van der Waals surface area (Å²) in [5.74, 6) is -0.518. The smallest absolute Gasteiger partial charge is 0.270 e. The number of non-ortho nitro benzene ring substituents is 1. The van der Waals surface area contributed by atoms with Crippen molar-refractivity contribution >= 4 is 27.1 Å². The van der Waals surface area contributed by atoms with E-state index in [-0.39, 0.29) is 16.1 Å². The number of nitro benzene ring substituents is 1. The van der Waals surface area contributed by atoms with Crippen LogP contribution in [0.2, 0.25) is 0 Å². The van der Waals surface area contributed by atoms with Crippen molar-refractivity contribution in [2.45, 2.75) is 4.90 Å². The molecule has 2 rings (SSSR count). The van der Waals surface area contributed by atoms with Gasteiger partial charge in [-0.25, -0.2) is 8.42 Å². The molecule has 0 spiro atoms. The number of carbonyl (C=O) groups is 1. The third-order valence-corrected chi connectivity index (χ3v) is 3.99. The zero-order chi connectivity index (χ0) is 16.3. The largest absolute Gasteiger partial charge is 0.322 e. The summed E-state index contributed by atoms with van der Waals surface area (Å²) in [6, 6.07) is 11.0. The maximum absolute atomic E-state index is 12.0. The highest BCUT2D eigenvalue weighted by Crippen LogP contribution is 2.17. The predicted octanol–water partition coefficient (Wildman–Crippen LogP) is 2.25. The molecule has 0 atom stereocenters. The van der Waals surface area contributed by atoms with Crippen molar-refractivity contribution in [3.05, 3.63) is 64.2 Å². The minimum absolute atomic E-state index is 0.140. The van der Waals surface area contributed by atoms with Crippen molar-refractivity contribution < 1.29 is 18.1 Å². The van der Waals surface area contributed by atoms with Gasteiger partial charge in [-0.1, -0.05) is 6.07 Å². The number of amides is 1. The molecule has 0 fully saturated rings. The van der Waals surface area contributed by atoms with E-state index in [2.05, 4.69) is 5.32 Å². The van der Waals surface area contributed by atoms with Gasteiger partial charge in [-0.2, -0.15) is 0 Å². The first-order valence-corrected chi connectivity index (χ1v) is 8.02. The topological polar surface area (TPSA) is 106 Å². The zero-order valence-electron chi connectivity index (χ0n) is 11.5. The molecule has 0 aliphatic heterocycles. The molecule has 0 saturated heterocycles. The second-order valence-electron chi connectivity index (χ2n) is 4.56. The molecule has 0 unspecified atom stereocenters. The van der Waals surface area contributed by atoms with Crippen LogP contribution < -0.4 is 5.32 Å². The first-order valence-electron chi connectivity index (χ1n) is 6.13. The lowest BCUT2D eigenvalue weighted by atomic mass is 10.2. The Morgan fingerprint density at radius 2 is 1.77 bits per heavy atom. The molecule has 0 saturated carbocycles. The van der Waals surface area contributed by atoms with E-state index >= 15 is 0 Å². The Hall–Kier alpha value is -2.74. The Morgan fingerprint density at radius 1 is 1.14 bits per heavy atom. The standard InChI is InChI=1S/C14H12N2O5S/c1-22(20,21)13-7-5-11(6-8-13)15-14(17)10-3-2-4-12(9-10)16(18)19/h2-9H,1H3,(H,15,17). The summed E-state index contributed by atoms with van der Waals surface area (Å²) < 4.78 is 22.7. The van der Waals surface area contributed by atoms with E-state index in [4.69, 9.17) is 0 Å². The molecule has 2 aromatic rings. The van der Waals surface area contributed by atoms with E-state index in [1.165, 1.54) is 48.5 Å². The summed E-state index contributed by atoms with van der Waals surface area (Å²) >= 11 is 0. The van der Waals surface area contributed by atoms with Gasteiger partial charge in [0.25, 0.3) is 11.6 Å². The third-order valence-electron chi connectivity index (χ3n) is 2.86. The second-order valence-corrected chi connectivity index (χ2v) is 6.57. The van der Waals surface area contributed by atoms with E-state index < -0.39 is 20.7 Å². The van der Waals surface area contributed by atoms with Gasteiger partial charge < -0.3 is 5.32 Å². The lowest BCUT2D eigenvalue weighted by Crippen LogP contribution is -2.12. The minimum Gasteiger partial charge on any atom is -0.322 e. The van der Waals surface area contributed by atoms with Crippen LogP contribution in [0.4, 0.5) is 11.4 Å². The van der Waals surface area contributed by atoms with Crippen LogP contribution in [-0.2, 0) is 9.84 Å². The number of carbonyl (C=O) groups excluding carboxylic acids is 1. The van der Waals surface area contributed by atoms with E-state index in [1.54, 1.807) is 0 Å². The number of hydrogen-bond acceptors (Lipinski definition) is 5. The average Bonchev–Trinajstić information content (AvgIpc) is 2.47. The summed E-state index contributed by atoms with van der Waals surface area (Å²) in [5.41, 5.74) is 0.352. The summed E-state index contributed by atoms with van der Waals surface area (Å²) in [5, 5.41) is 13.2. The summed E-state index contributed by atoms with van der Waals surface area (Å²) in [6.07, 6.45) is 1.09. The highest BCUT2D eigenvalue weighted by molar-refractivity contribution is 7.90. The van der Waals surface area contributed by atoms with Gasteiger partial charge in [0, 0.05) is 29.6 Å². The van der Waals surface area contributed by atoms with Crippen LogP contribution in [0.1, 0.15) is 10.4 Å². The highest BCUT2D eigenvalue weighted by atomic mass is 32.2. The van der Waals surface area contributed by atoms with Crippen LogP contribution in [0.3, 0.4) is 0 Å². The number of nitrogens with zero attached hydrogens (tertiary/aromatic N) is 1. The van der Waals surface area contributed by atoms with Crippen molar-refractivity contribution in [2.24, 2.45) is 0 Å². The summed E-state index contributed by atoms with van der Waals surface area (Å²) in [7, 11) is -3.30. The number of hydrogen-bond donors (Lipinski definition) is 1. The fourth-order valence-corrected chi connectivity index (χ4v) is 2.38. The molecule has 0 aliphatic rings. The van der Waals surface area contributed by atoms with Crippen LogP contribution in [0.5, 0.6) is 0 Å². The first-order chi connectivity index (χ1) is 10.3. The van der Waals surface area contributed by atoms with Gasteiger partial charge in [0.15, 0.2) is 9.84 Å². The van der Waals surface area contributed by atoms with E-state index in [0.717, 1.165) is 6.26 Å². The Labute approximate surface area is 126 Å². The van der Waals surface area contributed by atoms with Crippen molar-refractivity contribution in [1.29, 1.82) is 0 Å². The van der Waals surface area contributed by atoms with Gasteiger partial charge in [-0.15, -0.1) is 0 Å². The lowest BCUT2D eigenvalue weighted by molar-refractivity contribution is -0.384. The van der Waals surface area contributed by atoms with Gasteiger partial charge in [-0.3, -0.25) is 14.9 Å². The zero-order valence-corrected chi connectivity index (χ0v) is 12.3. The van der Waals surface area contributed by atoms with Gasteiger partial charge >= 0.3 is 0 Å². The SMILES string of the molecule is CS(=O)(=O)c1ccc(NC(=O)c2cccc([N+](=O)[O-])c2)cc1. The molecule has 1 amide bonds. The normalized spacial score (nSPS) is 11.0. The molecule has 0 aromatic heterocycles. The Morgan fingerprint density at radius 3 is 2.32 bits per heavy atom. The maximum Gasteiger partial charge on any atom is 0.270 e. The number of anilines is 1. The van der Waals surface area contributed by atoms with Crippen molar-refractivity contribution in [3.63, 3.8) is 0 Å². The Kier molecular flexibility index (Phi) is 4.22. The quantitative estimate of drug-likeness (QED) is 0.687. The monoisotopic (exact) mass is 320 g/mol. The molecular formula is C14H12N2O5S. The summed E-state index contributed by atoms with van der Waals surface area (Å²) in [6.45, 7) is 0. The van der Waals surface area contributed by atoms with E-state index in [1.807, 2.05) is 0 Å². The molecule has 8 heteroatoms. The van der Waals surface area contributed by atoms with Crippen LogP contribution >= 0.6 is 0 Å². The van der Waals surface area contributed by atoms with E-state index in [0.29, 0.717) is 5.69 Å². The highest BCUT2D eigenvalue weighted by Gasteiger charge is 2.12. The molecule has 22 heavy (non-hydrogen) atoms. The van der Waals surface area contributed by atoms with Gasteiger partial charge in [-0.05, 0) is 30.3 Å². The van der Waals surface area contributed by atoms with Gasteiger partial charge in [0.2, 0.25) is 0 Å². The Balaban J connectivity index is 2.18. The number of nitrogens with one attached hydrogen (secondary N) is 1. The average molecular weight is 320 g/mol. The summed E-state index contributed by atoms with van der Waals surface area (Å²) in [4.78, 5) is 22.3. The molecule has 0 aliphatic carbocycles. The molecule has 114 valence electrons. The van der Waals surface area contributed by atoms with Crippen LogP contribution in [0, 0.1) is 10.1 Å². The van der Waals surface area contributed by atoms with Gasteiger partial charge in [0.1, 0.15) is 0 Å². The number of nitro groups is 1. The number of sulfone groups is 1. The Bertz CT molecular complexity index is 829. The maximum atomic E-state index is 12.0. The lowest BCUT2D eigenvalue weighted by Gasteiger charge is -2.06. The van der Waals surface area contributed by atoms with Gasteiger partial charge in [0.05, 0.1) is 9.82 Å². The fourth-order valence-electron chi connectivity index (χ4n) is 1.75.